The molecule has 0 bridgehead atoms. The number of benzene rings is 1. The zero-order valence-corrected chi connectivity index (χ0v) is 11.5. The summed E-state index contributed by atoms with van der Waals surface area (Å²) in [6, 6.07) is 10.7. The molecule has 0 aliphatic carbocycles. The van der Waals surface area contributed by atoms with Gasteiger partial charge in [0, 0.05) is 12.6 Å². The molecule has 3 heteroatoms. The lowest BCUT2D eigenvalue weighted by Gasteiger charge is -2.18. The van der Waals surface area contributed by atoms with Gasteiger partial charge in [0.1, 0.15) is 5.82 Å². The second-order valence-electron chi connectivity index (χ2n) is 5.52. The second kappa shape index (κ2) is 4.84. The van der Waals surface area contributed by atoms with E-state index in [-0.39, 0.29) is 5.41 Å². The van der Waals surface area contributed by atoms with Crippen molar-refractivity contribution in [2.75, 3.05) is 11.9 Å². The number of nitrogens with one attached hydrogen (secondary N) is 2. The molecule has 0 saturated heterocycles. The van der Waals surface area contributed by atoms with Gasteiger partial charge >= 0.3 is 0 Å². The molecule has 0 radical (unpaired) electrons. The monoisotopic (exact) mass is 243 g/mol. The first kappa shape index (κ1) is 12.7. The molecule has 96 valence electrons. The lowest BCUT2D eigenvalue weighted by molar-refractivity contribution is 0.590. The van der Waals surface area contributed by atoms with Crippen molar-refractivity contribution in [1.82, 2.24) is 10.2 Å². The highest BCUT2D eigenvalue weighted by Gasteiger charge is 2.13. The van der Waals surface area contributed by atoms with Gasteiger partial charge in [-0.15, -0.1) is 0 Å². The molecule has 2 aromatic rings. The smallest absolute Gasteiger partial charge is 0.148 e. The minimum Gasteiger partial charge on any atom is -0.369 e. The van der Waals surface area contributed by atoms with Crippen LogP contribution in [0.5, 0.6) is 0 Å². The van der Waals surface area contributed by atoms with Crippen molar-refractivity contribution in [1.29, 1.82) is 0 Å². The number of rotatable bonds is 3. The summed E-state index contributed by atoms with van der Waals surface area (Å²) in [6.07, 6.45) is 0. The van der Waals surface area contributed by atoms with E-state index in [9.17, 15) is 0 Å². The molecule has 0 fully saturated rings. The number of aromatic amines is 1. The summed E-state index contributed by atoms with van der Waals surface area (Å²) < 4.78 is 0. The summed E-state index contributed by atoms with van der Waals surface area (Å²) in [7, 11) is 0. The van der Waals surface area contributed by atoms with E-state index in [1.54, 1.807) is 0 Å². The van der Waals surface area contributed by atoms with Crippen LogP contribution in [0.1, 0.15) is 33.3 Å². The average molecular weight is 243 g/mol. The third-order valence-corrected chi connectivity index (χ3v) is 3.00. The summed E-state index contributed by atoms with van der Waals surface area (Å²) in [6.45, 7) is 9.62. The minimum atomic E-state index is 0.196. The topological polar surface area (TPSA) is 40.7 Å². The van der Waals surface area contributed by atoms with E-state index in [0.717, 1.165) is 18.1 Å². The van der Waals surface area contributed by atoms with Gasteiger partial charge in [-0.3, -0.25) is 5.10 Å². The van der Waals surface area contributed by atoms with Crippen LogP contribution < -0.4 is 5.32 Å². The quantitative estimate of drug-likeness (QED) is 0.860. The molecule has 3 nitrogen and oxygen atoms in total. The van der Waals surface area contributed by atoms with Gasteiger partial charge < -0.3 is 5.32 Å². The number of H-pyrrole nitrogens is 1. The fraction of sp³-hybridized carbons (Fsp3) is 0.400. The zero-order valence-electron chi connectivity index (χ0n) is 11.5. The number of hydrogen-bond acceptors (Lipinski definition) is 2. The average Bonchev–Trinajstić information content (AvgIpc) is 2.77. The maximum Gasteiger partial charge on any atom is 0.148 e. The molecule has 0 saturated carbocycles. The number of nitrogens with zero attached hydrogens (tertiary/aromatic N) is 1. The summed E-state index contributed by atoms with van der Waals surface area (Å²) in [5.41, 5.74) is 3.75. The first-order valence-corrected chi connectivity index (χ1v) is 6.41. The number of aromatic nitrogens is 2. The van der Waals surface area contributed by atoms with Crippen LogP contribution in [0.25, 0.3) is 11.3 Å². The molecule has 0 spiro atoms. The summed E-state index contributed by atoms with van der Waals surface area (Å²) in [4.78, 5) is 0. The van der Waals surface area contributed by atoms with E-state index in [1.807, 2.05) is 6.07 Å². The molecule has 2 N–H and O–H groups in total. The maximum atomic E-state index is 4.22. The van der Waals surface area contributed by atoms with Gasteiger partial charge in [-0.05, 0) is 23.5 Å². The fourth-order valence-corrected chi connectivity index (χ4v) is 1.89. The second-order valence-corrected chi connectivity index (χ2v) is 5.52. The predicted octanol–water partition coefficient (Wildman–Crippen LogP) is 3.81. The molecule has 0 aliphatic heterocycles. The Morgan fingerprint density at radius 1 is 1.17 bits per heavy atom. The van der Waals surface area contributed by atoms with Crippen LogP contribution in [0, 0.1) is 0 Å². The molecular formula is C15H21N3. The van der Waals surface area contributed by atoms with Crippen molar-refractivity contribution >= 4 is 5.82 Å². The van der Waals surface area contributed by atoms with Crippen LogP contribution in [0.15, 0.2) is 30.3 Å². The lowest BCUT2D eigenvalue weighted by Crippen LogP contribution is -2.10. The highest BCUT2D eigenvalue weighted by molar-refractivity contribution is 5.63. The molecule has 1 aromatic heterocycles. The Kier molecular flexibility index (Phi) is 3.41. The Labute approximate surface area is 109 Å². The first-order valence-electron chi connectivity index (χ1n) is 6.41. The standard InChI is InChI=1S/C15H21N3/c1-5-16-14-10-13(17-18-14)11-6-8-12(9-7-11)15(2,3)4/h6-10H,5H2,1-4H3,(H2,16,17,18). The highest BCUT2D eigenvalue weighted by atomic mass is 15.2. The van der Waals surface area contributed by atoms with Crippen LogP contribution in [0.3, 0.4) is 0 Å². The Hall–Kier alpha value is -1.77. The van der Waals surface area contributed by atoms with Gasteiger partial charge in [0.25, 0.3) is 0 Å². The van der Waals surface area contributed by atoms with Gasteiger partial charge in [-0.1, -0.05) is 45.0 Å². The third-order valence-electron chi connectivity index (χ3n) is 3.00. The van der Waals surface area contributed by atoms with Gasteiger partial charge in [-0.2, -0.15) is 5.10 Å². The van der Waals surface area contributed by atoms with E-state index in [0.29, 0.717) is 0 Å². The molecule has 0 aliphatic rings. The van der Waals surface area contributed by atoms with Crippen LogP contribution in [0.2, 0.25) is 0 Å². The Bertz CT molecular complexity index is 503. The fourth-order valence-electron chi connectivity index (χ4n) is 1.89. The summed E-state index contributed by atoms with van der Waals surface area (Å²) >= 11 is 0. The van der Waals surface area contributed by atoms with Crippen molar-refractivity contribution in [3.63, 3.8) is 0 Å². The van der Waals surface area contributed by atoms with Crippen molar-refractivity contribution in [3.8, 4) is 11.3 Å². The normalized spacial score (nSPS) is 11.6. The molecule has 0 atom stereocenters. The van der Waals surface area contributed by atoms with Crippen LogP contribution in [-0.4, -0.2) is 16.7 Å². The summed E-state index contributed by atoms with van der Waals surface area (Å²) in [5.74, 6) is 0.896. The molecule has 0 amide bonds. The lowest BCUT2D eigenvalue weighted by atomic mass is 9.86. The van der Waals surface area contributed by atoms with Gasteiger partial charge in [0.05, 0.1) is 5.69 Å². The highest BCUT2D eigenvalue weighted by Crippen LogP contribution is 2.26. The van der Waals surface area contributed by atoms with E-state index in [4.69, 9.17) is 0 Å². The van der Waals surface area contributed by atoms with Crippen molar-refractivity contribution < 1.29 is 0 Å². The number of hydrogen-bond donors (Lipinski definition) is 2. The van der Waals surface area contributed by atoms with E-state index in [2.05, 4.69) is 67.5 Å². The number of anilines is 1. The van der Waals surface area contributed by atoms with E-state index < -0.39 is 0 Å². The Morgan fingerprint density at radius 3 is 2.39 bits per heavy atom. The molecule has 2 rings (SSSR count). The zero-order chi connectivity index (χ0) is 13.2. The van der Waals surface area contributed by atoms with Crippen molar-refractivity contribution in [2.45, 2.75) is 33.1 Å². The van der Waals surface area contributed by atoms with Crippen LogP contribution in [0.4, 0.5) is 5.82 Å². The molecule has 18 heavy (non-hydrogen) atoms. The predicted molar refractivity (Wildman–Crippen MR) is 76.9 cm³/mol. The largest absolute Gasteiger partial charge is 0.369 e. The third kappa shape index (κ3) is 2.73. The molecule has 0 unspecified atom stereocenters. The van der Waals surface area contributed by atoms with Gasteiger partial charge in [-0.25, -0.2) is 0 Å². The van der Waals surface area contributed by atoms with Crippen molar-refractivity contribution in [2.24, 2.45) is 0 Å². The van der Waals surface area contributed by atoms with Gasteiger partial charge in [0.2, 0.25) is 0 Å². The maximum absolute atomic E-state index is 4.22. The van der Waals surface area contributed by atoms with Crippen molar-refractivity contribution in [3.05, 3.63) is 35.9 Å². The molecule has 1 heterocycles. The SMILES string of the molecule is CCNc1cc(-c2ccc(C(C)(C)C)cc2)[nH]n1. The molecular weight excluding hydrogens is 222 g/mol. The van der Waals surface area contributed by atoms with Gasteiger partial charge in [0.15, 0.2) is 0 Å². The Balaban J connectivity index is 2.23. The van der Waals surface area contributed by atoms with Crippen LogP contribution >= 0.6 is 0 Å². The minimum absolute atomic E-state index is 0.196. The summed E-state index contributed by atoms with van der Waals surface area (Å²) in [5, 5.41) is 10.5. The van der Waals surface area contributed by atoms with E-state index in [1.165, 1.54) is 11.1 Å². The Morgan fingerprint density at radius 2 is 1.83 bits per heavy atom. The molecule has 1 aromatic carbocycles. The first-order chi connectivity index (χ1) is 8.50. The van der Waals surface area contributed by atoms with E-state index >= 15 is 0 Å². The van der Waals surface area contributed by atoms with Crippen LogP contribution in [-0.2, 0) is 5.41 Å².